The molecular formula is C34H32BrN3O5S3. The Balaban J connectivity index is 1.31. The van der Waals surface area contributed by atoms with Crippen molar-refractivity contribution in [2.75, 3.05) is 49.0 Å². The first-order valence-corrected chi connectivity index (χ1v) is 18.3. The third kappa shape index (κ3) is 6.63. The summed E-state index contributed by atoms with van der Waals surface area (Å²) in [6.45, 7) is 4.68. The van der Waals surface area contributed by atoms with Crippen molar-refractivity contribution in [2.24, 2.45) is 0 Å². The van der Waals surface area contributed by atoms with Gasteiger partial charge in [0.2, 0.25) is 0 Å². The number of amides is 1. The van der Waals surface area contributed by atoms with Crippen molar-refractivity contribution in [3.63, 3.8) is 0 Å². The fourth-order valence-electron chi connectivity index (χ4n) is 5.67. The maximum Gasteiger partial charge on any atom is 0.346 e. The number of fused-ring (bicyclic) bond motifs is 1. The lowest BCUT2D eigenvalue weighted by Gasteiger charge is -2.38. The molecule has 3 heterocycles. The molecule has 1 aliphatic heterocycles. The van der Waals surface area contributed by atoms with Gasteiger partial charge in [0.15, 0.2) is 4.90 Å². The van der Waals surface area contributed by atoms with E-state index in [1.807, 2.05) is 87.4 Å². The normalized spacial score (nSPS) is 14.0. The van der Waals surface area contributed by atoms with Crippen LogP contribution in [-0.2, 0) is 17.8 Å². The number of benzene rings is 3. The van der Waals surface area contributed by atoms with Gasteiger partial charge in [-0.3, -0.25) is 4.79 Å². The van der Waals surface area contributed by atoms with Crippen LogP contribution in [0.1, 0.15) is 30.5 Å². The summed E-state index contributed by atoms with van der Waals surface area (Å²) < 4.78 is 23.6. The van der Waals surface area contributed by atoms with E-state index in [1.165, 1.54) is 22.7 Å². The summed E-state index contributed by atoms with van der Waals surface area (Å²) in [4.78, 5) is 30.7. The molecule has 1 aliphatic rings. The van der Waals surface area contributed by atoms with Gasteiger partial charge in [-0.25, -0.2) is 4.79 Å². The number of carboxylic acid groups (broad SMARTS) is 1. The molecule has 1 saturated heterocycles. The van der Waals surface area contributed by atoms with E-state index in [2.05, 4.69) is 20.8 Å². The third-order valence-electron chi connectivity index (χ3n) is 8.11. The summed E-state index contributed by atoms with van der Waals surface area (Å²) >= 11 is 4.55. The fraction of sp³-hybridized carbons (Fsp3) is 0.235. The first-order chi connectivity index (χ1) is 22.2. The van der Waals surface area contributed by atoms with E-state index in [0.717, 1.165) is 37.2 Å². The van der Waals surface area contributed by atoms with Gasteiger partial charge in [0.1, 0.15) is 32.6 Å². The molecule has 0 spiro atoms. The van der Waals surface area contributed by atoms with Crippen LogP contribution in [-0.4, -0.2) is 66.3 Å². The molecule has 1 unspecified atom stereocenters. The van der Waals surface area contributed by atoms with Gasteiger partial charge in [0.05, 0.1) is 19.3 Å². The van der Waals surface area contributed by atoms with Crippen LogP contribution >= 0.6 is 38.6 Å². The first kappa shape index (κ1) is 32.4. The van der Waals surface area contributed by atoms with E-state index in [1.54, 1.807) is 14.0 Å². The molecule has 238 valence electrons. The van der Waals surface area contributed by atoms with Crippen molar-refractivity contribution in [2.45, 2.75) is 18.2 Å². The number of carbonyl (C=O) groups is 2. The van der Waals surface area contributed by atoms with Crippen molar-refractivity contribution < 1.29 is 24.0 Å². The second-order valence-electron chi connectivity index (χ2n) is 10.8. The largest absolute Gasteiger partial charge is 0.588 e. The highest BCUT2D eigenvalue weighted by Crippen LogP contribution is 2.37. The van der Waals surface area contributed by atoms with Gasteiger partial charge >= 0.3 is 5.97 Å². The molecule has 2 aromatic heterocycles. The number of aromatic carboxylic acids is 1. The van der Waals surface area contributed by atoms with E-state index in [9.17, 15) is 19.2 Å². The number of piperazine rings is 1. The standard InChI is InChI=1S/C34H32BrN3O5S3/c1-22-26-21-25(10-11-30(26)45-31(22)34(40)41)46(42)38(14-12-23-6-5-7-24(20-23)43-2)29-9-4-3-8-28(29)36-15-17-37(18-16-36)33(39)32-27(35)13-19-44-32/h3-11,13,19-21H,12,14-18H2,1-2H3,(H,40,41). The maximum absolute atomic E-state index is 14.5. The average Bonchev–Trinajstić information content (AvgIpc) is 3.67. The number of para-hydroxylation sites is 2. The van der Waals surface area contributed by atoms with E-state index in [0.29, 0.717) is 59.4 Å². The molecule has 1 amide bonds. The topological polar surface area (TPSA) is 96.4 Å². The number of carbonyl (C=O) groups excluding carboxylic acids is 1. The van der Waals surface area contributed by atoms with Gasteiger partial charge in [0, 0.05) is 46.8 Å². The Labute approximate surface area is 287 Å². The second-order valence-corrected chi connectivity index (χ2v) is 15.1. The summed E-state index contributed by atoms with van der Waals surface area (Å²) in [7, 11) is 1.64. The van der Waals surface area contributed by atoms with Gasteiger partial charge in [-0.15, -0.1) is 22.7 Å². The molecule has 46 heavy (non-hydrogen) atoms. The van der Waals surface area contributed by atoms with Crippen LogP contribution in [0, 0.1) is 6.92 Å². The Kier molecular flexibility index (Phi) is 9.90. The van der Waals surface area contributed by atoms with Gasteiger partial charge < -0.3 is 24.2 Å². The predicted molar refractivity (Wildman–Crippen MR) is 191 cm³/mol. The van der Waals surface area contributed by atoms with Crippen LogP contribution in [0.3, 0.4) is 0 Å². The number of methoxy groups -OCH3 is 1. The summed E-state index contributed by atoms with van der Waals surface area (Å²) in [5.41, 5.74) is 3.52. The van der Waals surface area contributed by atoms with Crippen LogP contribution in [0.4, 0.5) is 11.4 Å². The molecule has 0 aliphatic carbocycles. The lowest BCUT2D eigenvalue weighted by Crippen LogP contribution is -2.49. The minimum absolute atomic E-state index is 0.0287. The van der Waals surface area contributed by atoms with E-state index < -0.39 is 17.3 Å². The highest BCUT2D eigenvalue weighted by molar-refractivity contribution is 9.10. The lowest BCUT2D eigenvalue weighted by molar-refractivity contribution is 0.0700. The number of nitrogens with zero attached hydrogens (tertiary/aromatic N) is 3. The number of hydrogen-bond donors (Lipinski definition) is 1. The van der Waals surface area contributed by atoms with Gasteiger partial charge in [0.25, 0.3) is 5.91 Å². The van der Waals surface area contributed by atoms with Crippen LogP contribution in [0.25, 0.3) is 10.1 Å². The highest BCUT2D eigenvalue weighted by Gasteiger charge is 2.30. The van der Waals surface area contributed by atoms with Crippen molar-refractivity contribution >= 4 is 83.3 Å². The Morgan fingerprint density at radius 2 is 1.80 bits per heavy atom. The minimum Gasteiger partial charge on any atom is -0.588 e. The molecule has 12 heteroatoms. The highest BCUT2D eigenvalue weighted by atomic mass is 79.9. The Morgan fingerprint density at radius 1 is 1.02 bits per heavy atom. The zero-order chi connectivity index (χ0) is 32.4. The summed E-state index contributed by atoms with van der Waals surface area (Å²) in [5.74, 6) is -0.166. The number of rotatable bonds is 10. The fourth-order valence-corrected chi connectivity index (χ4v) is 9.46. The van der Waals surface area contributed by atoms with Crippen LogP contribution < -0.4 is 13.9 Å². The van der Waals surface area contributed by atoms with Gasteiger partial charge in [-0.1, -0.05) is 24.3 Å². The Morgan fingerprint density at radius 3 is 2.52 bits per heavy atom. The summed E-state index contributed by atoms with van der Waals surface area (Å²) in [6, 6.07) is 23.3. The smallest absolute Gasteiger partial charge is 0.346 e. The quantitative estimate of drug-likeness (QED) is 0.149. The molecular weight excluding hydrogens is 706 g/mol. The number of ether oxygens (including phenoxy) is 1. The summed E-state index contributed by atoms with van der Waals surface area (Å²) in [5, 5.41) is 12.4. The Hall–Kier alpha value is -3.55. The van der Waals surface area contributed by atoms with Crippen molar-refractivity contribution in [3.05, 3.63) is 104 Å². The van der Waals surface area contributed by atoms with E-state index in [4.69, 9.17) is 4.74 Å². The second kappa shape index (κ2) is 14.1. The van der Waals surface area contributed by atoms with Crippen molar-refractivity contribution in [1.29, 1.82) is 0 Å². The lowest BCUT2D eigenvalue weighted by atomic mass is 10.1. The molecule has 6 rings (SSSR count). The van der Waals surface area contributed by atoms with E-state index >= 15 is 0 Å². The summed E-state index contributed by atoms with van der Waals surface area (Å²) in [6.07, 6.45) is 0.623. The number of carboxylic acids is 1. The molecule has 5 aromatic rings. The molecule has 0 saturated carbocycles. The SMILES string of the molecule is COc1cccc(CCN(c2ccccc2N2CCN(C(=O)c3sccc3Br)CC2)[S+]([O-])c2ccc3sc(C(=O)O)c(C)c3c2)c1. The molecule has 0 radical (unpaired) electrons. The predicted octanol–water partition coefficient (Wildman–Crippen LogP) is 7.47. The number of anilines is 2. The van der Waals surface area contributed by atoms with Crippen LogP contribution in [0.2, 0.25) is 0 Å². The van der Waals surface area contributed by atoms with Crippen LogP contribution in [0.15, 0.2) is 87.5 Å². The monoisotopic (exact) mass is 737 g/mol. The number of thiophene rings is 2. The van der Waals surface area contributed by atoms with Gasteiger partial charge in [-0.05, 0) is 88.2 Å². The molecule has 0 bridgehead atoms. The number of hydrogen-bond acceptors (Lipinski definition) is 8. The Bertz CT molecular complexity index is 1880. The van der Waals surface area contributed by atoms with Crippen molar-refractivity contribution in [1.82, 2.24) is 4.90 Å². The molecule has 1 atom stereocenters. The third-order valence-corrected chi connectivity index (χ3v) is 12.6. The zero-order valence-electron chi connectivity index (χ0n) is 25.3. The average molecular weight is 739 g/mol. The molecule has 3 aromatic carbocycles. The van der Waals surface area contributed by atoms with Crippen molar-refractivity contribution in [3.8, 4) is 5.75 Å². The maximum atomic E-state index is 14.5. The number of aryl methyl sites for hydroxylation is 1. The zero-order valence-corrected chi connectivity index (χ0v) is 29.3. The number of halogens is 1. The molecule has 8 nitrogen and oxygen atoms in total. The minimum atomic E-state index is -1.61. The van der Waals surface area contributed by atoms with Crippen LogP contribution in [0.5, 0.6) is 5.75 Å². The van der Waals surface area contributed by atoms with Gasteiger partial charge in [-0.2, -0.15) is 4.31 Å². The first-order valence-electron chi connectivity index (χ1n) is 14.7. The molecule has 1 fully saturated rings. The van der Waals surface area contributed by atoms with E-state index in [-0.39, 0.29) is 5.91 Å². The molecule has 1 N–H and O–H groups in total.